The predicted octanol–water partition coefficient (Wildman–Crippen LogP) is 5.45. The van der Waals surface area contributed by atoms with Gasteiger partial charge in [0, 0.05) is 16.8 Å². The molecule has 0 saturated carbocycles. The number of hydrogen-bond donors (Lipinski definition) is 0. The minimum atomic E-state index is 0.401. The Kier molecular flexibility index (Phi) is 4.06. The molecule has 1 aromatic carbocycles. The summed E-state index contributed by atoms with van der Waals surface area (Å²) in [4.78, 5) is 9.39. The van der Waals surface area contributed by atoms with Crippen molar-refractivity contribution in [2.24, 2.45) is 0 Å². The number of pyridine rings is 1. The molecule has 5 heteroatoms. The second-order valence-electron chi connectivity index (χ2n) is 5.53. The average molecular weight is 333 g/mol. The van der Waals surface area contributed by atoms with Crippen LogP contribution < -0.4 is 4.74 Å². The van der Waals surface area contributed by atoms with Crippen molar-refractivity contribution in [2.75, 3.05) is 7.11 Å². The van der Waals surface area contributed by atoms with Crippen LogP contribution in [0.3, 0.4) is 0 Å². The topological polar surface area (TPSA) is 35.0 Å². The number of ether oxygens (including phenoxy) is 1. The van der Waals surface area contributed by atoms with Gasteiger partial charge in [-0.2, -0.15) is 0 Å². The maximum Gasteiger partial charge on any atom is 0.142 e. The molecule has 0 saturated heterocycles. The highest BCUT2D eigenvalue weighted by atomic mass is 35.5. The number of thiazole rings is 1. The summed E-state index contributed by atoms with van der Waals surface area (Å²) in [5.41, 5.74) is 3.64. The molecule has 0 N–H and O–H groups in total. The Morgan fingerprint density at radius 1 is 1.23 bits per heavy atom. The highest BCUT2D eigenvalue weighted by Gasteiger charge is 2.15. The molecule has 0 aliphatic carbocycles. The first kappa shape index (κ1) is 15.3. The van der Waals surface area contributed by atoms with E-state index < -0.39 is 0 Å². The summed E-state index contributed by atoms with van der Waals surface area (Å²) in [5.74, 6) is 1.17. The normalized spacial score (nSPS) is 11.4. The SMILES string of the molecule is COc1cc(-c2nc(C(C)C)cs2)nc2c(Cl)c(C)ccc12. The number of fused-ring (bicyclic) bond motifs is 1. The molecule has 22 heavy (non-hydrogen) atoms. The van der Waals surface area contributed by atoms with E-state index in [4.69, 9.17) is 21.3 Å². The summed E-state index contributed by atoms with van der Waals surface area (Å²) in [6.07, 6.45) is 0. The van der Waals surface area contributed by atoms with Gasteiger partial charge in [-0.05, 0) is 24.5 Å². The van der Waals surface area contributed by atoms with Gasteiger partial charge in [0.25, 0.3) is 0 Å². The summed E-state index contributed by atoms with van der Waals surface area (Å²) in [6.45, 7) is 6.24. The molecule has 0 bridgehead atoms. The number of aryl methyl sites for hydroxylation is 1. The standard InChI is InChI=1S/C17H17ClN2OS/c1-9(2)13-8-22-17(20-13)12-7-14(21-4)11-6-5-10(3)15(18)16(11)19-12/h5-9H,1-4H3. The predicted molar refractivity (Wildman–Crippen MR) is 93.2 cm³/mol. The van der Waals surface area contributed by atoms with Gasteiger partial charge in [-0.15, -0.1) is 11.3 Å². The van der Waals surface area contributed by atoms with Gasteiger partial charge in [0.05, 0.1) is 23.3 Å². The monoisotopic (exact) mass is 332 g/mol. The van der Waals surface area contributed by atoms with Crippen LogP contribution in [-0.4, -0.2) is 17.1 Å². The molecule has 2 heterocycles. The van der Waals surface area contributed by atoms with Crippen molar-refractivity contribution in [3.63, 3.8) is 0 Å². The highest BCUT2D eigenvalue weighted by molar-refractivity contribution is 7.13. The molecular formula is C17H17ClN2OS. The number of aromatic nitrogens is 2. The van der Waals surface area contributed by atoms with Crippen molar-refractivity contribution in [1.29, 1.82) is 0 Å². The fraction of sp³-hybridized carbons (Fsp3) is 0.294. The van der Waals surface area contributed by atoms with E-state index in [1.165, 1.54) is 0 Å². The van der Waals surface area contributed by atoms with Crippen molar-refractivity contribution in [3.8, 4) is 16.5 Å². The summed E-state index contributed by atoms with van der Waals surface area (Å²) in [7, 11) is 1.66. The molecule has 0 fully saturated rings. The summed E-state index contributed by atoms with van der Waals surface area (Å²) in [6, 6.07) is 5.90. The number of benzene rings is 1. The Morgan fingerprint density at radius 2 is 2.00 bits per heavy atom. The first-order valence-electron chi connectivity index (χ1n) is 7.11. The van der Waals surface area contributed by atoms with Gasteiger partial charge in [-0.25, -0.2) is 9.97 Å². The molecule has 0 aliphatic rings. The quantitative estimate of drug-likeness (QED) is 0.639. The molecule has 0 amide bonds. The molecular weight excluding hydrogens is 316 g/mol. The maximum absolute atomic E-state index is 6.44. The minimum Gasteiger partial charge on any atom is -0.496 e. The zero-order valence-electron chi connectivity index (χ0n) is 13.0. The third-order valence-corrected chi connectivity index (χ3v) is 4.99. The second-order valence-corrected chi connectivity index (χ2v) is 6.77. The molecule has 3 rings (SSSR count). The van der Waals surface area contributed by atoms with Gasteiger partial charge in [-0.1, -0.05) is 31.5 Å². The molecule has 0 aliphatic heterocycles. The maximum atomic E-state index is 6.44. The van der Waals surface area contributed by atoms with Crippen molar-refractivity contribution < 1.29 is 4.74 Å². The van der Waals surface area contributed by atoms with Crippen LogP contribution in [0.25, 0.3) is 21.6 Å². The Balaban J connectivity index is 2.23. The van der Waals surface area contributed by atoms with E-state index in [0.29, 0.717) is 10.9 Å². The zero-order valence-corrected chi connectivity index (χ0v) is 14.5. The van der Waals surface area contributed by atoms with E-state index in [9.17, 15) is 0 Å². The van der Waals surface area contributed by atoms with E-state index >= 15 is 0 Å². The molecule has 114 valence electrons. The van der Waals surface area contributed by atoms with Gasteiger partial charge in [0.1, 0.15) is 16.5 Å². The van der Waals surface area contributed by atoms with Crippen molar-refractivity contribution in [1.82, 2.24) is 9.97 Å². The van der Waals surface area contributed by atoms with Crippen LogP contribution in [-0.2, 0) is 0 Å². The smallest absolute Gasteiger partial charge is 0.142 e. The highest BCUT2D eigenvalue weighted by Crippen LogP contribution is 2.36. The average Bonchev–Trinajstić information content (AvgIpc) is 3.00. The first-order chi connectivity index (χ1) is 10.5. The van der Waals surface area contributed by atoms with Crippen molar-refractivity contribution >= 4 is 33.8 Å². The van der Waals surface area contributed by atoms with Crippen LogP contribution in [0.5, 0.6) is 5.75 Å². The number of halogens is 1. The van der Waals surface area contributed by atoms with Gasteiger partial charge in [0.15, 0.2) is 0 Å². The molecule has 0 atom stereocenters. The molecule has 3 aromatic rings. The van der Waals surface area contributed by atoms with Crippen molar-refractivity contribution in [3.05, 3.63) is 39.9 Å². The summed E-state index contributed by atoms with van der Waals surface area (Å²) >= 11 is 8.03. The number of nitrogens with zero attached hydrogens (tertiary/aromatic N) is 2. The molecule has 0 unspecified atom stereocenters. The number of methoxy groups -OCH3 is 1. The molecule has 3 nitrogen and oxygen atoms in total. The van der Waals surface area contributed by atoms with Crippen LogP contribution >= 0.6 is 22.9 Å². The van der Waals surface area contributed by atoms with Gasteiger partial charge in [-0.3, -0.25) is 0 Å². The van der Waals surface area contributed by atoms with E-state index in [1.54, 1.807) is 18.4 Å². The molecule has 0 spiro atoms. The fourth-order valence-electron chi connectivity index (χ4n) is 2.28. The Bertz CT molecular complexity index is 842. The molecule has 0 radical (unpaired) electrons. The van der Waals surface area contributed by atoms with Crippen LogP contribution in [0.2, 0.25) is 5.02 Å². The lowest BCUT2D eigenvalue weighted by molar-refractivity contribution is 0.419. The van der Waals surface area contributed by atoms with Crippen molar-refractivity contribution in [2.45, 2.75) is 26.7 Å². The fourth-order valence-corrected chi connectivity index (χ4v) is 3.42. The first-order valence-corrected chi connectivity index (χ1v) is 8.36. The van der Waals surface area contributed by atoms with Crippen LogP contribution in [0, 0.1) is 6.92 Å². The van der Waals surface area contributed by atoms with Crippen LogP contribution in [0.1, 0.15) is 31.0 Å². The zero-order chi connectivity index (χ0) is 15.9. The Labute approximate surface area is 138 Å². The third kappa shape index (κ3) is 2.57. The third-order valence-electron chi connectivity index (χ3n) is 3.63. The number of hydrogen-bond acceptors (Lipinski definition) is 4. The second kappa shape index (κ2) is 5.86. The van der Waals surface area contributed by atoms with Gasteiger partial charge >= 0.3 is 0 Å². The van der Waals surface area contributed by atoms with E-state index in [-0.39, 0.29) is 0 Å². The van der Waals surface area contributed by atoms with E-state index in [2.05, 4.69) is 24.2 Å². The summed E-state index contributed by atoms with van der Waals surface area (Å²) in [5, 5.41) is 4.55. The minimum absolute atomic E-state index is 0.401. The molecule has 2 aromatic heterocycles. The largest absolute Gasteiger partial charge is 0.496 e. The Hall–Kier alpha value is -1.65. The van der Waals surface area contributed by atoms with E-state index in [1.807, 2.05) is 25.1 Å². The lowest BCUT2D eigenvalue weighted by Crippen LogP contribution is -1.93. The van der Waals surface area contributed by atoms with E-state index in [0.717, 1.165) is 38.6 Å². The number of rotatable bonds is 3. The lowest BCUT2D eigenvalue weighted by atomic mass is 10.1. The van der Waals surface area contributed by atoms with Gasteiger partial charge < -0.3 is 4.74 Å². The lowest BCUT2D eigenvalue weighted by Gasteiger charge is -2.10. The Morgan fingerprint density at radius 3 is 2.64 bits per heavy atom. The van der Waals surface area contributed by atoms with Crippen LogP contribution in [0.15, 0.2) is 23.6 Å². The van der Waals surface area contributed by atoms with Crippen LogP contribution in [0.4, 0.5) is 0 Å². The summed E-state index contributed by atoms with van der Waals surface area (Å²) < 4.78 is 5.52. The van der Waals surface area contributed by atoms with Gasteiger partial charge in [0.2, 0.25) is 0 Å².